The van der Waals surface area contributed by atoms with Crippen LogP contribution in [0.4, 0.5) is 13.2 Å². The Kier molecular flexibility index (Phi) is 30.6. The maximum atomic E-state index is 10.7. The van der Waals surface area contributed by atoms with Gasteiger partial charge in [-0.15, -0.1) is 107 Å². The standard InChI is InChI=1S/C18H12N2.C18H11N2.2C12H10N.CHF3O3S.2CH4O.2Ir/c2*19-13-14-7-9-15(10-8-14)16-4-3-5-17(12-16)18-6-1-2-11-20-18;2*1-10-6-5-9-12(13-10)11-7-3-2-4-8-11;2-1(3,4)8(5,6)7;2*1-2;;/h1-12H;1-4,6-12H;2*2-7,9H,1H3;(H,5,6,7);2*2H,1H3;;/q;3*-1;;;;;/p-1. The molecule has 0 fully saturated rings. The second-order valence-electron chi connectivity index (χ2n) is 15.7. The molecule has 11 nitrogen and oxygen atoms in total. The van der Waals surface area contributed by atoms with Gasteiger partial charge in [0.15, 0.2) is 10.1 Å². The van der Waals surface area contributed by atoms with Gasteiger partial charge in [-0.25, -0.2) is 8.42 Å². The van der Waals surface area contributed by atoms with Crippen LogP contribution in [-0.4, -0.2) is 62.8 Å². The molecular weight excluding hydrogens is 1390 g/mol. The number of benzene rings is 6. The summed E-state index contributed by atoms with van der Waals surface area (Å²) in [6.45, 7) is 3.98. The number of halogens is 3. The molecule has 0 aliphatic rings. The number of aromatic nitrogens is 4. The third-order valence-electron chi connectivity index (χ3n) is 10.3. The van der Waals surface area contributed by atoms with Crippen LogP contribution >= 0.6 is 0 Å². The minimum atomic E-state index is -6.09. The zero-order valence-corrected chi connectivity index (χ0v) is 49.0. The molecule has 0 unspecified atom stereocenters. The van der Waals surface area contributed by atoms with E-state index in [0.29, 0.717) is 11.1 Å². The van der Waals surface area contributed by atoms with E-state index in [1.54, 1.807) is 12.4 Å². The molecule has 0 saturated heterocycles. The maximum Gasteiger partial charge on any atom is 0.485 e. The van der Waals surface area contributed by atoms with Gasteiger partial charge in [0.05, 0.1) is 29.0 Å². The van der Waals surface area contributed by atoms with Gasteiger partial charge in [0.25, 0.3) is 0 Å². The first kappa shape index (κ1) is 67.9. The Morgan fingerprint density at radius 3 is 1.23 bits per heavy atom. The molecule has 412 valence electrons. The molecule has 0 atom stereocenters. The number of aliphatic hydroxyl groups is 2. The van der Waals surface area contributed by atoms with Gasteiger partial charge in [0.2, 0.25) is 0 Å². The number of hydrogen-bond acceptors (Lipinski definition) is 11. The summed E-state index contributed by atoms with van der Waals surface area (Å²) < 4.78 is 58.9. The fourth-order valence-corrected chi connectivity index (χ4v) is 6.67. The summed E-state index contributed by atoms with van der Waals surface area (Å²) in [6, 6.07) is 82.6. The van der Waals surface area contributed by atoms with Crippen LogP contribution in [0.3, 0.4) is 0 Å². The molecule has 0 aliphatic heterocycles. The Labute approximate surface area is 492 Å². The molecular formula is C63H51F3Ir2N6O5S-4. The van der Waals surface area contributed by atoms with Crippen molar-refractivity contribution in [2.75, 3.05) is 14.2 Å². The van der Waals surface area contributed by atoms with Crippen LogP contribution in [0.25, 0.3) is 67.3 Å². The molecule has 0 bridgehead atoms. The molecule has 0 saturated carbocycles. The zero-order valence-electron chi connectivity index (χ0n) is 43.4. The summed E-state index contributed by atoms with van der Waals surface area (Å²) in [7, 11) is -4.09. The fraction of sp³-hybridized carbons (Fsp3) is 0.0794. The SMILES string of the molecule is CO.CO.Cc1cccc(-c2[c-]cccc2)n1.Cc1cccc(-c2[c-]cccc2)n1.N#Cc1ccc(-c2cc[c-]c(-c3ccccn3)c2)cc1.N#Cc1ccc(-c2cccc(-c3ccccn3)c2)cc1.O=S(=O)([O-])C(F)(F)F.[Ir].[Ir]. The molecule has 6 aromatic carbocycles. The molecule has 17 heteroatoms. The van der Waals surface area contributed by atoms with Crippen LogP contribution in [0.2, 0.25) is 0 Å². The fourth-order valence-electron chi connectivity index (χ4n) is 6.67. The van der Waals surface area contributed by atoms with E-state index in [1.165, 1.54) is 0 Å². The summed E-state index contributed by atoms with van der Waals surface area (Å²) in [5, 5.41) is 31.7. The summed E-state index contributed by atoms with van der Waals surface area (Å²) in [5.74, 6) is 0. The molecule has 10 rings (SSSR count). The molecule has 2 radical (unpaired) electrons. The van der Waals surface area contributed by atoms with Gasteiger partial charge in [0, 0.05) is 83.8 Å². The van der Waals surface area contributed by atoms with Crippen LogP contribution in [0.15, 0.2) is 225 Å². The minimum Gasteiger partial charge on any atom is -0.741 e. The van der Waals surface area contributed by atoms with Gasteiger partial charge in [-0.3, -0.25) is 4.98 Å². The van der Waals surface area contributed by atoms with E-state index >= 15 is 0 Å². The molecule has 4 heterocycles. The Balaban J connectivity index is 0.000000344. The quantitative estimate of drug-likeness (QED) is 0.0913. The number of aryl methyl sites for hydroxylation is 2. The van der Waals surface area contributed by atoms with Crippen LogP contribution in [0.5, 0.6) is 0 Å². The largest absolute Gasteiger partial charge is 0.741 e. The zero-order chi connectivity index (χ0) is 56.8. The summed E-state index contributed by atoms with van der Waals surface area (Å²) in [5.41, 5.74) is 10.2. The first-order valence-electron chi connectivity index (χ1n) is 23.4. The summed E-state index contributed by atoms with van der Waals surface area (Å²) in [4.78, 5) is 17.5. The molecule has 0 amide bonds. The van der Waals surface area contributed by atoms with Crippen molar-refractivity contribution in [3.05, 3.63) is 265 Å². The smallest absolute Gasteiger partial charge is 0.485 e. The minimum absolute atomic E-state index is 0. The van der Waals surface area contributed by atoms with Crippen molar-refractivity contribution in [3.8, 4) is 79.4 Å². The Hall–Kier alpha value is -8.18. The molecule has 2 N–H and O–H groups in total. The van der Waals surface area contributed by atoms with Gasteiger partial charge in [-0.2, -0.15) is 23.7 Å². The number of nitrogens with zero attached hydrogens (tertiary/aromatic N) is 6. The van der Waals surface area contributed by atoms with Crippen molar-refractivity contribution in [3.63, 3.8) is 0 Å². The van der Waals surface area contributed by atoms with Crippen molar-refractivity contribution in [1.29, 1.82) is 10.5 Å². The number of pyridine rings is 4. The van der Waals surface area contributed by atoms with Crippen LogP contribution in [0, 0.1) is 54.7 Å². The number of rotatable bonds is 6. The third-order valence-corrected chi connectivity index (χ3v) is 10.9. The van der Waals surface area contributed by atoms with E-state index in [9.17, 15) is 13.2 Å². The third kappa shape index (κ3) is 22.7. The molecule has 10 aromatic rings. The number of nitriles is 2. The number of aliphatic hydroxyl groups excluding tert-OH is 2. The Bertz CT molecular complexity index is 3340. The second kappa shape index (κ2) is 36.1. The predicted molar refractivity (Wildman–Crippen MR) is 297 cm³/mol. The molecule has 0 aliphatic carbocycles. The average Bonchev–Trinajstić information content (AvgIpc) is 3.49. The topological polar surface area (TPSA) is 197 Å². The van der Waals surface area contributed by atoms with Crippen molar-refractivity contribution in [2.45, 2.75) is 19.4 Å². The number of alkyl halides is 3. The Morgan fingerprint density at radius 1 is 0.450 bits per heavy atom. The van der Waals surface area contributed by atoms with Crippen molar-refractivity contribution in [2.24, 2.45) is 0 Å². The van der Waals surface area contributed by atoms with E-state index in [-0.39, 0.29) is 40.2 Å². The predicted octanol–water partition coefficient (Wildman–Crippen LogP) is 13.4. The molecule has 0 spiro atoms. The maximum absolute atomic E-state index is 10.7. The van der Waals surface area contributed by atoms with Crippen LogP contribution in [-0.2, 0) is 50.3 Å². The average molecular weight is 1450 g/mol. The van der Waals surface area contributed by atoms with Crippen molar-refractivity contribution < 1.29 is 76.6 Å². The van der Waals surface area contributed by atoms with E-state index in [4.69, 9.17) is 33.7 Å². The van der Waals surface area contributed by atoms with E-state index in [2.05, 4.69) is 74.5 Å². The first-order chi connectivity index (χ1) is 37.7. The van der Waals surface area contributed by atoms with E-state index < -0.39 is 15.6 Å². The monoisotopic (exact) mass is 1450 g/mol. The summed E-state index contributed by atoms with van der Waals surface area (Å²) in [6.07, 6.45) is 3.57. The van der Waals surface area contributed by atoms with Crippen LogP contribution in [0.1, 0.15) is 22.5 Å². The van der Waals surface area contributed by atoms with Gasteiger partial charge in [0.1, 0.15) is 0 Å². The van der Waals surface area contributed by atoms with E-state index in [0.717, 1.165) is 92.9 Å². The normalized spacial score (nSPS) is 9.75. The van der Waals surface area contributed by atoms with Gasteiger partial charge in [-0.1, -0.05) is 84.9 Å². The second-order valence-corrected chi connectivity index (χ2v) is 17.0. The van der Waals surface area contributed by atoms with Gasteiger partial charge >= 0.3 is 5.51 Å². The summed E-state index contributed by atoms with van der Waals surface area (Å²) >= 11 is 0. The van der Waals surface area contributed by atoms with Crippen molar-refractivity contribution in [1.82, 2.24) is 19.9 Å². The Morgan fingerprint density at radius 2 is 0.838 bits per heavy atom. The van der Waals surface area contributed by atoms with E-state index in [1.807, 2.05) is 202 Å². The first-order valence-corrected chi connectivity index (χ1v) is 24.8. The molecule has 80 heavy (non-hydrogen) atoms. The van der Waals surface area contributed by atoms with Gasteiger partial charge < -0.3 is 29.7 Å². The molecule has 4 aromatic heterocycles. The van der Waals surface area contributed by atoms with Crippen LogP contribution < -0.4 is 0 Å². The number of hydrogen-bond donors (Lipinski definition) is 2. The van der Waals surface area contributed by atoms with Gasteiger partial charge in [-0.05, 0) is 108 Å². The van der Waals surface area contributed by atoms with Crippen molar-refractivity contribution >= 4 is 10.1 Å².